The molecule has 1 aromatic rings. The number of carboxylic acids is 1. The van der Waals surface area contributed by atoms with Crippen LogP contribution in [-0.4, -0.2) is 85.5 Å². The van der Waals surface area contributed by atoms with E-state index in [1.165, 1.54) is 18.7 Å². The zero-order valence-corrected chi connectivity index (χ0v) is 15.8. The number of nitrogens with two attached hydrogens (primary N) is 1. The van der Waals surface area contributed by atoms with Gasteiger partial charge in [-0.25, -0.2) is 4.68 Å². The molecule has 0 spiro atoms. The molecule has 0 aliphatic heterocycles. The molecule has 0 fully saturated rings. The number of aromatic nitrogens is 4. The normalized spacial score (nSPS) is 17.9. The minimum atomic E-state index is -4.41. The molecule has 1 aromatic heterocycles. The molecule has 0 radical (unpaired) electrons. The largest absolute Gasteiger partial charge is 0.480 e. The second kappa shape index (κ2) is 8.83. The Morgan fingerprint density at radius 3 is 2.50 bits per heavy atom. The number of nitrogens with one attached hydrogen (secondary N) is 2. The van der Waals surface area contributed by atoms with Crippen LogP contribution < -0.4 is 16.4 Å². The fourth-order valence-electron chi connectivity index (χ4n) is 1.88. The highest BCUT2D eigenvalue weighted by molar-refractivity contribution is 7.85. The molecule has 0 saturated heterocycles. The van der Waals surface area contributed by atoms with Crippen LogP contribution in [0.25, 0.3) is 0 Å². The summed E-state index contributed by atoms with van der Waals surface area (Å²) >= 11 is 0. The monoisotopic (exact) mass is 415 g/mol. The maximum Gasteiger partial charge on any atom is 0.321 e. The SMILES string of the molecule is CC(N)P(=O)(O)CC(NCC(CS(=O)(=O)O)Nc1nnnn1C)C(=O)O. The fraction of sp³-hybridized carbons (Fsp3) is 0.800. The van der Waals surface area contributed by atoms with Crippen molar-refractivity contribution in [2.24, 2.45) is 12.8 Å². The molecular formula is C10H22N7O7PS. The highest BCUT2D eigenvalue weighted by Crippen LogP contribution is 2.44. The van der Waals surface area contributed by atoms with Crippen molar-refractivity contribution in [1.82, 2.24) is 25.5 Å². The number of hydrogen-bond donors (Lipinski definition) is 6. The Labute approximate surface area is 149 Å². The molecule has 0 aliphatic carbocycles. The summed E-state index contributed by atoms with van der Waals surface area (Å²) in [5.41, 5.74) is 5.38. The van der Waals surface area contributed by atoms with Crippen molar-refractivity contribution >= 4 is 29.4 Å². The number of anilines is 1. The van der Waals surface area contributed by atoms with Crippen molar-refractivity contribution < 1.29 is 32.3 Å². The molecule has 150 valence electrons. The molecular weight excluding hydrogens is 393 g/mol. The first-order valence-corrected chi connectivity index (χ1v) is 10.8. The number of nitrogens with zero attached hydrogens (tertiary/aromatic N) is 4. The minimum absolute atomic E-state index is 0.0794. The van der Waals surface area contributed by atoms with Crippen LogP contribution in [0, 0.1) is 0 Å². The van der Waals surface area contributed by atoms with Gasteiger partial charge in [-0.15, -0.1) is 0 Å². The molecule has 4 unspecified atom stereocenters. The van der Waals surface area contributed by atoms with E-state index in [-0.39, 0.29) is 12.5 Å². The average Bonchev–Trinajstić information content (AvgIpc) is 2.86. The molecule has 26 heavy (non-hydrogen) atoms. The maximum atomic E-state index is 11.9. The summed E-state index contributed by atoms with van der Waals surface area (Å²) in [6.45, 7) is 0.992. The predicted octanol–water partition coefficient (Wildman–Crippen LogP) is -2.50. The van der Waals surface area contributed by atoms with Crippen molar-refractivity contribution in [2.75, 3.05) is 23.8 Å². The van der Waals surface area contributed by atoms with E-state index >= 15 is 0 Å². The zero-order valence-electron chi connectivity index (χ0n) is 14.0. The maximum absolute atomic E-state index is 11.9. The van der Waals surface area contributed by atoms with E-state index in [4.69, 9.17) is 10.3 Å². The van der Waals surface area contributed by atoms with Crippen LogP contribution >= 0.6 is 7.37 Å². The van der Waals surface area contributed by atoms with Gasteiger partial charge in [0.25, 0.3) is 10.1 Å². The molecule has 4 atom stereocenters. The third-order valence-corrected chi connectivity index (χ3v) is 6.34. The Bertz CT molecular complexity index is 768. The fourth-order valence-corrected chi connectivity index (χ4v) is 3.73. The number of carbonyl (C=O) groups is 1. The van der Waals surface area contributed by atoms with Crippen molar-refractivity contribution in [3.63, 3.8) is 0 Å². The zero-order chi connectivity index (χ0) is 20.1. The lowest BCUT2D eigenvalue weighted by molar-refractivity contribution is -0.138. The number of carboxylic acid groups (broad SMARTS) is 1. The second-order valence-electron chi connectivity index (χ2n) is 5.69. The molecule has 0 saturated carbocycles. The Balaban J connectivity index is 2.86. The van der Waals surface area contributed by atoms with Crippen LogP contribution in [0.5, 0.6) is 0 Å². The minimum Gasteiger partial charge on any atom is -0.480 e. The van der Waals surface area contributed by atoms with Crippen molar-refractivity contribution in [2.45, 2.75) is 24.8 Å². The first-order chi connectivity index (χ1) is 11.8. The van der Waals surface area contributed by atoms with E-state index < -0.39 is 53.2 Å². The lowest BCUT2D eigenvalue weighted by Gasteiger charge is -2.23. The summed E-state index contributed by atoms with van der Waals surface area (Å²) in [6.07, 6.45) is -0.649. The molecule has 0 bridgehead atoms. The van der Waals surface area contributed by atoms with Gasteiger partial charge in [0.2, 0.25) is 13.3 Å². The Kier molecular flexibility index (Phi) is 7.61. The Morgan fingerprint density at radius 1 is 1.46 bits per heavy atom. The number of rotatable bonds is 11. The molecule has 1 rings (SSSR count). The summed E-state index contributed by atoms with van der Waals surface area (Å²) in [6, 6.07) is -2.48. The third-order valence-electron chi connectivity index (χ3n) is 3.35. The van der Waals surface area contributed by atoms with Crippen LogP contribution in [0.3, 0.4) is 0 Å². The van der Waals surface area contributed by atoms with Gasteiger partial charge in [0.1, 0.15) is 6.04 Å². The van der Waals surface area contributed by atoms with E-state index in [9.17, 15) is 27.8 Å². The van der Waals surface area contributed by atoms with Crippen LogP contribution in [0.2, 0.25) is 0 Å². The first-order valence-electron chi connectivity index (χ1n) is 7.29. The van der Waals surface area contributed by atoms with E-state index in [1.807, 2.05) is 0 Å². The standard InChI is InChI=1S/C10H22N7O7PS/c1-6(11)25(20,21)4-8(9(18)19)12-3-7(5-26(22,23)24)13-10-14-15-16-17(10)2/h6-8,12H,3-5,11H2,1-2H3,(H,18,19)(H,20,21)(H,13,14,16)(H,22,23,24). The number of aliphatic carboxylic acids is 1. The summed E-state index contributed by atoms with van der Waals surface area (Å²) in [5, 5.41) is 24.8. The van der Waals surface area contributed by atoms with Gasteiger partial charge in [-0.1, -0.05) is 5.10 Å². The lowest BCUT2D eigenvalue weighted by Crippen LogP contribution is -2.47. The molecule has 14 nitrogen and oxygen atoms in total. The van der Waals surface area contributed by atoms with Crippen LogP contribution in [0.15, 0.2) is 0 Å². The molecule has 0 aromatic carbocycles. The van der Waals surface area contributed by atoms with Gasteiger partial charge in [0.05, 0.1) is 23.7 Å². The average molecular weight is 415 g/mol. The van der Waals surface area contributed by atoms with Crippen molar-refractivity contribution in [3.8, 4) is 0 Å². The van der Waals surface area contributed by atoms with Gasteiger partial charge in [0, 0.05) is 13.6 Å². The third kappa shape index (κ3) is 7.31. The van der Waals surface area contributed by atoms with Gasteiger partial charge in [-0.2, -0.15) is 8.42 Å². The van der Waals surface area contributed by atoms with E-state index in [2.05, 4.69) is 26.2 Å². The molecule has 0 aliphatic rings. The number of hydrogen-bond acceptors (Lipinski definition) is 10. The number of aryl methyl sites for hydroxylation is 1. The lowest BCUT2D eigenvalue weighted by atomic mass is 10.3. The van der Waals surface area contributed by atoms with Gasteiger partial charge >= 0.3 is 5.97 Å². The smallest absolute Gasteiger partial charge is 0.321 e. The van der Waals surface area contributed by atoms with Crippen LogP contribution in [0.4, 0.5) is 5.95 Å². The first kappa shape index (κ1) is 22.4. The summed E-state index contributed by atoms with van der Waals surface area (Å²) in [4.78, 5) is 21.1. The Hall–Kier alpha value is -1.64. The van der Waals surface area contributed by atoms with E-state index in [0.29, 0.717) is 0 Å². The van der Waals surface area contributed by atoms with Gasteiger partial charge in [-0.05, 0) is 17.4 Å². The van der Waals surface area contributed by atoms with Gasteiger partial charge < -0.3 is 26.4 Å². The van der Waals surface area contributed by atoms with Crippen LogP contribution in [0.1, 0.15) is 6.92 Å². The molecule has 7 N–H and O–H groups in total. The molecule has 1 heterocycles. The highest BCUT2D eigenvalue weighted by atomic mass is 32.2. The van der Waals surface area contributed by atoms with Gasteiger partial charge in [-0.3, -0.25) is 13.9 Å². The highest BCUT2D eigenvalue weighted by Gasteiger charge is 2.32. The number of tetrazole rings is 1. The summed E-state index contributed by atoms with van der Waals surface area (Å²) in [5.74, 6) is -3.23. The second-order valence-corrected chi connectivity index (χ2v) is 9.88. The topological polar surface area (TPSA) is 223 Å². The van der Waals surface area contributed by atoms with E-state index in [0.717, 1.165) is 0 Å². The molecule has 16 heteroatoms. The summed E-state index contributed by atoms with van der Waals surface area (Å²) < 4.78 is 44.5. The quantitative estimate of drug-likeness (QED) is 0.162. The summed E-state index contributed by atoms with van der Waals surface area (Å²) in [7, 11) is -6.86. The predicted molar refractivity (Wildman–Crippen MR) is 90.4 cm³/mol. The van der Waals surface area contributed by atoms with Crippen molar-refractivity contribution in [3.05, 3.63) is 0 Å². The van der Waals surface area contributed by atoms with E-state index in [1.54, 1.807) is 0 Å². The van der Waals surface area contributed by atoms with Gasteiger partial charge in [0.15, 0.2) is 0 Å². The Morgan fingerprint density at radius 2 is 2.08 bits per heavy atom. The molecule has 0 amide bonds. The van der Waals surface area contributed by atoms with Crippen molar-refractivity contribution in [1.29, 1.82) is 0 Å². The van der Waals surface area contributed by atoms with Crippen LogP contribution in [-0.2, 0) is 26.5 Å².